The van der Waals surface area contributed by atoms with Gasteiger partial charge in [0.1, 0.15) is 17.1 Å². The van der Waals surface area contributed by atoms with Crippen LogP contribution in [0, 0.1) is 0 Å². The molecule has 0 atom stereocenters. The van der Waals surface area contributed by atoms with E-state index in [1.54, 1.807) is 6.07 Å². The number of aromatic nitrogens is 1. The molecule has 0 fully saturated rings. The SMILES string of the molecule is O=C(O)c1ccc2c(n1)COCO2. The highest BCUT2D eigenvalue weighted by atomic mass is 16.7. The zero-order valence-electron chi connectivity index (χ0n) is 6.69. The van der Waals surface area contributed by atoms with E-state index < -0.39 is 5.97 Å². The maximum atomic E-state index is 10.5. The van der Waals surface area contributed by atoms with Gasteiger partial charge >= 0.3 is 5.97 Å². The van der Waals surface area contributed by atoms with Gasteiger partial charge in [0.2, 0.25) is 0 Å². The molecule has 13 heavy (non-hydrogen) atoms. The molecule has 1 aliphatic heterocycles. The summed E-state index contributed by atoms with van der Waals surface area (Å²) in [5.41, 5.74) is 0.541. The van der Waals surface area contributed by atoms with E-state index in [2.05, 4.69) is 4.98 Å². The van der Waals surface area contributed by atoms with Crippen molar-refractivity contribution in [1.29, 1.82) is 0 Å². The van der Waals surface area contributed by atoms with Crippen LogP contribution in [-0.2, 0) is 11.3 Å². The summed E-state index contributed by atoms with van der Waals surface area (Å²) in [5.74, 6) is -0.454. The summed E-state index contributed by atoms with van der Waals surface area (Å²) < 4.78 is 10.0. The summed E-state index contributed by atoms with van der Waals surface area (Å²) in [6, 6.07) is 3.00. The smallest absolute Gasteiger partial charge is 0.354 e. The van der Waals surface area contributed by atoms with E-state index >= 15 is 0 Å². The molecule has 1 aromatic heterocycles. The Hall–Kier alpha value is -1.62. The standard InChI is InChI=1S/C8H7NO4/c10-8(11)5-1-2-7-6(9-5)3-12-4-13-7/h1-2H,3-4H2,(H,10,11). The van der Waals surface area contributed by atoms with Crippen LogP contribution < -0.4 is 4.74 Å². The van der Waals surface area contributed by atoms with Crippen LogP contribution in [0.25, 0.3) is 0 Å². The number of aromatic carboxylic acids is 1. The summed E-state index contributed by atoms with van der Waals surface area (Å²) in [6.07, 6.45) is 0. The first-order chi connectivity index (χ1) is 6.27. The molecule has 1 aliphatic rings. The summed E-state index contributed by atoms with van der Waals surface area (Å²) in [5, 5.41) is 8.64. The van der Waals surface area contributed by atoms with Crippen LogP contribution in [0.2, 0.25) is 0 Å². The largest absolute Gasteiger partial charge is 0.477 e. The second kappa shape index (κ2) is 3.02. The Balaban J connectivity index is 2.40. The molecule has 0 radical (unpaired) electrons. The van der Waals surface area contributed by atoms with Crippen LogP contribution >= 0.6 is 0 Å². The Labute approximate surface area is 73.9 Å². The van der Waals surface area contributed by atoms with Gasteiger partial charge in [-0.25, -0.2) is 9.78 Å². The lowest BCUT2D eigenvalue weighted by atomic mass is 10.3. The molecule has 5 heteroatoms. The number of hydrogen-bond donors (Lipinski definition) is 1. The molecule has 0 bridgehead atoms. The lowest BCUT2D eigenvalue weighted by Crippen LogP contribution is -2.14. The zero-order valence-corrected chi connectivity index (χ0v) is 6.69. The van der Waals surface area contributed by atoms with E-state index in [1.807, 2.05) is 0 Å². The van der Waals surface area contributed by atoms with Crippen molar-refractivity contribution in [3.05, 3.63) is 23.5 Å². The minimum atomic E-state index is -1.05. The van der Waals surface area contributed by atoms with Gasteiger partial charge in [-0.3, -0.25) is 0 Å². The topological polar surface area (TPSA) is 68.7 Å². The highest BCUT2D eigenvalue weighted by Gasteiger charge is 2.14. The molecule has 0 aromatic carbocycles. The zero-order chi connectivity index (χ0) is 9.26. The Kier molecular flexibility index (Phi) is 1.86. The number of carbonyl (C=O) groups is 1. The van der Waals surface area contributed by atoms with Gasteiger partial charge in [-0.15, -0.1) is 0 Å². The van der Waals surface area contributed by atoms with E-state index in [0.717, 1.165) is 0 Å². The number of rotatable bonds is 1. The van der Waals surface area contributed by atoms with Crippen molar-refractivity contribution in [2.45, 2.75) is 6.61 Å². The maximum absolute atomic E-state index is 10.5. The Morgan fingerprint density at radius 2 is 2.38 bits per heavy atom. The molecule has 2 heterocycles. The third kappa shape index (κ3) is 1.46. The molecule has 1 N–H and O–H groups in total. The Bertz CT molecular complexity index is 350. The van der Waals surface area contributed by atoms with Crippen molar-refractivity contribution in [2.24, 2.45) is 0 Å². The number of nitrogens with zero attached hydrogens (tertiary/aromatic N) is 1. The van der Waals surface area contributed by atoms with Crippen LogP contribution in [0.1, 0.15) is 16.2 Å². The lowest BCUT2D eigenvalue weighted by Gasteiger charge is -2.16. The summed E-state index contributed by atoms with van der Waals surface area (Å²) in [4.78, 5) is 14.4. The van der Waals surface area contributed by atoms with Crippen molar-refractivity contribution >= 4 is 5.97 Å². The fourth-order valence-corrected chi connectivity index (χ4v) is 1.09. The third-order valence-electron chi connectivity index (χ3n) is 1.69. The third-order valence-corrected chi connectivity index (χ3v) is 1.69. The minimum absolute atomic E-state index is 0.00727. The van der Waals surface area contributed by atoms with Gasteiger partial charge < -0.3 is 14.6 Å². The number of carboxylic acid groups (broad SMARTS) is 1. The number of hydrogen-bond acceptors (Lipinski definition) is 4. The predicted octanol–water partition coefficient (Wildman–Crippen LogP) is 0.646. The first kappa shape index (κ1) is 8.00. The summed E-state index contributed by atoms with van der Waals surface area (Å²) in [7, 11) is 0. The van der Waals surface area contributed by atoms with Gasteiger partial charge in [-0.05, 0) is 12.1 Å². The number of ether oxygens (including phenoxy) is 2. The van der Waals surface area contributed by atoms with Crippen LogP contribution in [0.3, 0.4) is 0 Å². The van der Waals surface area contributed by atoms with E-state index in [-0.39, 0.29) is 12.5 Å². The molecule has 0 aliphatic carbocycles. The lowest BCUT2D eigenvalue weighted by molar-refractivity contribution is -0.0189. The van der Waals surface area contributed by atoms with Gasteiger partial charge in [0, 0.05) is 0 Å². The summed E-state index contributed by atoms with van der Waals surface area (Å²) in [6.45, 7) is 0.498. The molecule has 0 amide bonds. The van der Waals surface area contributed by atoms with E-state index in [0.29, 0.717) is 18.1 Å². The predicted molar refractivity (Wildman–Crippen MR) is 41.5 cm³/mol. The normalized spacial score (nSPS) is 14.5. The molecule has 5 nitrogen and oxygen atoms in total. The van der Waals surface area contributed by atoms with E-state index in [9.17, 15) is 4.79 Å². The summed E-state index contributed by atoms with van der Waals surface area (Å²) >= 11 is 0. The van der Waals surface area contributed by atoms with Crippen LogP contribution in [0.4, 0.5) is 0 Å². The molecule has 0 saturated heterocycles. The number of carboxylic acids is 1. The monoisotopic (exact) mass is 181 g/mol. The van der Waals surface area contributed by atoms with Gasteiger partial charge in [0.25, 0.3) is 0 Å². The van der Waals surface area contributed by atoms with Crippen LogP contribution in [0.5, 0.6) is 5.75 Å². The highest BCUT2D eigenvalue weighted by Crippen LogP contribution is 2.21. The highest BCUT2D eigenvalue weighted by molar-refractivity contribution is 5.85. The van der Waals surface area contributed by atoms with Crippen molar-refractivity contribution in [1.82, 2.24) is 4.98 Å². The molecular formula is C8H7NO4. The quantitative estimate of drug-likeness (QED) is 0.688. The van der Waals surface area contributed by atoms with Crippen LogP contribution in [0.15, 0.2) is 12.1 Å². The minimum Gasteiger partial charge on any atom is -0.477 e. The van der Waals surface area contributed by atoms with Crippen molar-refractivity contribution in [3.63, 3.8) is 0 Å². The maximum Gasteiger partial charge on any atom is 0.354 e. The van der Waals surface area contributed by atoms with Crippen molar-refractivity contribution in [3.8, 4) is 5.75 Å². The van der Waals surface area contributed by atoms with E-state index in [4.69, 9.17) is 14.6 Å². The fraction of sp³-hybridized carbons (Fsp3) is 0.250. The molecule has 68 valence electrons. The molecule has 0 unspecified atom stereocenters. The fourth-order valence-electron chi connectivity index (χ4n) is 1.09. The van der Waals surface area contributed by atoms with Gasteiger partial charge in [0.15, 0.2) is 6.79 Å². The van der Waals surface area contributed by atoms with Crippen LogP contribution in [-0.4, -0.2) is 22.9 Å². The van der Waals surface area contributed by atoms with Gasteiger partial charge in [-0.1, -0.05) is 0 Å². The first-order valence-electron chi connectivity index (χ1n) is 3.71. The second-order valence-corrected chi connectivity index (χ2v) is 2.56. The number of pyridine rings is 1. The molecule has 0 spiro atoms. The molecule has 0 saturated carbocycles. The van der Waals surface area contributed by atoms with Gasteiger partial charge in [0.05, 0.1) is 6.61 Å². The van der Waals surface area contributed by atoms with Crippen molar-refractivity contribution in [2.75, 3.05) is 6.79 Å². The molecule has 1 aromatic rings. The second-order valence-electron chi connectivity index (χ2n) is 2.56. The molecule has 2 rings (SSSR count). The Morgan fingerprint density at radius 3 is 3.15 bits per heavy atom. The average molecular weight is 181 g/mol. The van der Waals surface area contributed by atoms with E-state index in [1.165, 1.54) is 6.07 Å². The average Bonchev–Trinajstić information content (AvgIpc) is 2.17. The van der Waals surface area contributed by atoms with Gasteiger partial charge in [-0.2, -0.15) is 0 Å². The number of fused-ring (bicyclic) bond motifs is 1. The first-order valence-corrected chi connectivity index (χ1v) is 3.71. The van der Waals surface area contributed by atoms with Crippen molar-refractivity contribution < 1.29 is 19.4 Å². The Morgan fingerprint density at radius 1 is 1.54 bits per heavy atom. The molecular weight excluding hydrogens is 174 g/mol.